The largest absolute Gasteiger partial charge is 0.360 e. The van der Waals surface area contributed by atoms with Crippen molar-refractivity contribution in [3.63, 3.8) is 0 Å². The first-order chi connectivity index (χ1) is 9.24. The van der Waals surface area contributed by atoms with Crippen LogP contribution in [-0.2, 0) is 6.54 Å². The lowest BCUT2D eigenvalue weighted by atomic mass is 10.1. The smallest absolute Gasteiger partial charge is 0.253 e. The quantitative estimate of drug-likeness (QED) is 0.752. The van der Waals surface area contributed by atoms with E-state index in [1.807, 2.05) is 24.3 Å². The highest BCUT2D eigenvalue weighted by atomic mass is 32.1. The van der Waals surface area contributed by atoms with Gasteiger partial charge in [0.25, 0.3) is 5.91 Å². The minimum Gasteiger partial charge on any atom is -0.360 e. The number of hydrogen-bond acceptors (Lipinski definition) is 2. The first kappa shape index (κ1) is 12.0. The normalized spacial score (nSPS) is 10.8. The number of aromatic nitrogens is 1. The molecule has 0 spiro atoms. The van der Waals surface area contributed by atoms with Crippen molar-refractivity contribution in [3.05, 3.63) is 57.9 Å². The second kappa shape index (κ2) is 4.90. The molecule has 19 heavy (non-hydrogen) atoms. The number of fused-ring (bicyclic) bond motifs is 1. The zero-order chi connectivity index (χ0) is 13.2. The number of H-pyrrole nitrogens is 1. The van der Waals surface area contributed by atoms with Crippen molar-refractivity contribution in [1.29, 1.82) is 0 Å². The molecule has 4 heteroatoms. The van der Waals surface area contributed by atoms with E-state index in [9.17, 15) is 4.79 Å². The van der Waals surface area contributed by atoms with Gasteiger partial charge in [-0.15, -0.1) is 11.3 Å². The number of aromatic amines is 1. The number of nitrogens with one attached hydrogen (secondary N) is 2. The first-order valence-electron chi connectivity index (χ1n) is 6.13. The van der Waals surface area contributed by atoms with Crippen LogP contribution in [0, 0.1) is 6.92 Å². The second-order valence-electron chi connectivity index (χ2n) is 4.44. The number of rotatable bonds is 3. The van der Waals surface area contributed by atoms with Crippen LogP contribution in [0.4, 0.5) is 0 Å². The summed E-state index contributed by atoms with van der Waals surface area (Å²) in [7, 11) is 0. The summed E-state index contributed by atoms with van der Waals surface area (Å²) in [6, 6.07) is 11.9. The van der Waals surface area contributed by atoms with E-state index in [-0.39, 0.29) is 5.91 Å². The molecule has 0 fully saturated rings. The average Bonchev–Trinajstić information content (AvgIpc) is 3.02. The van der Waals surface area contributed by atoms with Gasteiger partial charge in [0.1, 0.15) is 0 Å². The van der Waals surface area contributed by atoms with Crippen molar-refractivity contribution < 1.29 is 4.79 Å². The minimum absolute atomic E-state index is 0.0384. The third-order valence-electron chi connectivity index (χ3n) is 3.05. The van der Waals surface area contributed by atoms with Gasteiger partial charge in [-0.1, -0.05) is 18.2 Å². The minimum atomic E-state index is -0.0384. The monoisotopic (exact) mass is 270 g/mol. The number of aryl methyl sites for hydroxylation is 1. The van der Waals surface area contributed by atoms with Crippen LogP contribution >= 0.6 is 11.3 Å². The number of carbonyl (C=O) groups excluding carboxylic acids is 1. The van der Waals surface area contributed by atoms with Gasteiger partial charge in [-0.25, -0.2) is 0 Å². The van der Waals surface area contributed by atoms with E-state index in [1.165, 1.54) is 9.75 Å². The standard InChI is InChI=1S/C15H14N2OS/c1-10-6-7-11(19-10)8-17-15(18)13-9-16-14-5-3-2-4-12(13)14/h2-7,9,16H,8H2,1H3,(H,17,18). The highest BCUT2D eigenvalue weighted by molar-refractivity contribution is 7.11. The second-order valence-corrected chi connectivity index (χ2v) is 5.82. The zero-order valence-electron chi connectivity index (χ0n) is 10.6. The summed E-state index contributed by atoms with van der Waals surface area (Å²) in [5.41, 5.74) is 1.68. The Labute approximate surface area is 115 Å². The van der Waals surface area contributed by atoms with E-state index in [1.54, 1.807) is 17.5 Å². The number of carbonyl (C=O) groups is 1. The summed E-state index contributed by atoms with van der Waals surface area (Å²) >= 11 is 1.71. The molecule has 2 aromatic heterocycles. The molecular formula is C15H14N2OS. The van der Waals surface area contributed by atoms with Crippen molar-refractivity contribution in [2.75, 3.05) is 0 Å². The van der Waals surface area contributed by atoms with E-state index in [0.29, 0.717) is 12.1 Å². The predicted octanol–water partition coefficient (Wildman–Crippen LogP) is 3.47. The van der Waals surface area contributed by atoms with Crippen LogP contribution in [0.5, 0.6) is 0 Å². The highest BCUT2D eigenvalue weighted by Crippen LogP contribution is 2.18. The van der Waals surface area contributed by atoms with Gasteiger partial charge in [-0.3, -0.25) is 4.79 Å². The highest BCUT2D eigenvalue weighted by Gasteiger charge is 2.11. The van der Waals surface area contributed by atoms with Gasteiger partial charge in [-0.05, 0) is 25.1 Å². The van der Waals surface area contributed by atoms with E-state index in [0.717, 1.165) is 10.9 Å². The van der Waals surface area contributed by atoms with Crippen LogP contribution in [0.1, 0.15) is 20.1 Å². The molecule has 0 bridgehead atoms. The number of para-hydroxylation sites is 1. The van der Waals surface area contributed by atoms with Gasteiger partial charge >= 0.3 is 0 Å². The van der Waals surface area contributed by atoms with E-state index in [2.05, 4.69) is 29.4 Å². The molecule has 1 amide bonds. The lowest BCUT2D eigenvalue weighted by Crippen LogP contribution is -2.21. The molecule has 96 valence electrons. The molecule has 0 aliphatic carbocycles. The third-order valence-corrected chi connectivity index (χ3v) is 4.05. The summed E-state index contributed by atoms with van der Waals surface area (Å²) < 4.78 is 0. The SMILES string of the molecule is Cc1ccc(CNC(=O)c2c[nH]c3ccccc23)s1. The Morgan fingerprint density at radius 3 is 2.89 bits per heavy atom. The topological polar surface area (TPSA) is 44.9 Å². The lowest BCUT2D eigenvalue weighted by molar-refractivity contribution is 0.0953. The Morgan fingerprint density at radius 1 is 1.26 bits per heavy atom. The van der Waals surface area contributed by atoms with Crippen molar-refractivity contribution in [3.8, 4) is 0 Å². The van der Waals surface area contributed by atoms with Gasteiger partial charge in [0.15, 0.2) is 0 Å². The van der Waals surface area contributed by atoms with Gasteiger partial charge < -0.3 is 10.3 Å². The van der Waals surface area contributed by atoms with Crippen molar-refractivity contribution >= 4 is 28.1 Å². The van der Waals surface area contributed by atoms with Crippen LogP contribution in [0.25, 0.3) is 10.9 Å². The Bertz CT molecular complexity index is 726. The molecule has 0 atom stereocenters. The molecule has 0 aliphatic heterocycles. The molecular weight excluding hydrogens is 256 g/mol. The fourth-order valence-electron chi connectivity index (χ4n) is 2.10. The summed E-state index contributed by atoms with van der Waals surface area (Å²) in [6.07, 6.45) is 1.76. The van der Waals surface area contributed by atoms with Gasteiger partial charge in [0.2, 0.25) is 0 Å². The maximum Gasteiger partial charge on any atom is 0.253 e. The number of amides is 1. The summed E-state index contributed by atoms with van der Waals surface area (Å²) in [5.74, 6) is -0.0384. The van der Waals surface area contributed by atoms with Crippen LogP contribution in [0.3, 0.4) is 0 Å². The summed E-state index contributed by atoms with van der Waals surface area (Å²) in [5, 5.41) is 3.92. The molecule has 0 radical (unpaired) electrons. The third kappa shape index (κ3) is 2.39. The van der Waals surface area contributed by atoms with Crippen molar-refractivity contribution in [2.45, 2.75) is 13.5 Å². The number of thiophene rings is 1. The average molecular weight is 270 g/mol. The van der Waals surface area contributed by atoms with Gasteiger partial charge in [0.05, 0.1) is 12.1 Å². The maximum atomic E-state index is 12.2. The Balaban J connectivity index is 1.77. The predicted molar refractivity (Wildman–Crippen MR) is 78.5 cm³/mol. The van der Waals surface area contributed by atoms with E-state index < -0.39 is 0 Å². The van der Waals surface area contributed by atoms with E-state index >= 15 is 0 Å². The lowest BCUT2D eigenvalue weighted by Gasteiger charge is -2.02. The fourth-order valence-corrected chi connectivity index (χ4v) is 2.93. The molecule has 1 aromatic carbocycles. The molecule has 2 N–H and O–H groups in total. The van der Waals surface area contributed by atoms with Crippen molar-refractivity contribution in [1.82, 2.24) is 10.3 Å². The fraction of sp³-hybridized carbons (Fsp3) is 0.133. The van der Waals surface area contributed by atoms with E-state index in [4.69, 9.17) is 0 Å². The van der Waals surface area contributed by atoms with Crippen LogP contribution < -0.4 is 5.32 Å². The molecule has 0 unspecified atom stereocenters. The number of benzene rings is 1. The Morgan fingerprint density at radius 2 is 2.11 bits per heavy atom. The van der Waals surface area contributed by atoms with Gasteiger partial charge in [-0.2, -0.15) is 0 Å². The summed E-state index contributed by atoms with van der Waals surface area (Å²) in [4.78, 5) is 17.7. The number of hydrogen-bond donors (Lipinski definition) is 2. The molecule has 0 saturated carbocycles. The molecule has 3 aromatic rings. The van der Waals surface area contributed by atoms with Crippen molar-refractivity contribution in [2.24, 2.45) is 0 Å². The van der Waals surface area contributed by atoms with Gasteiger partial charge in [0, 0.05) is 26.9 Å². The maximum absolute atomic E-state index is 12.2. The van der Waals surface area contributed by atoms with Crippen LogP contribution in [-0.4, -0.2) is 10.9 Å². The molecule has 0 aliphatic rings. The molecule has 2 heterocycles. The van der Waals surface area contributed by atoms with Crippen LogP contribution in [0.2, 0.25) is 0 Å². The Kier molecular flexibility index (Phi) is 3.09. The first-order valence-corrected chi connectivity index (χ1v) is 6.95. The molecule has 3 nitrogen and oxygen atoms in total. The zero-order valence-corrected chi connectivity index (χ0v) is 11.4. The Hall–Kier alpha value is -2.07. The molecule has 3 rings (SSSR count). The van der Waals surface area contributed by atoms with Crippen LogP contribution in [0.15, 0.2) is 42.6 Å². The molecule has 0 saturated heterocycles. The summed E-state index contributed by atoms with van der Waals surface area (Å²) in [6.45, 7) is 2.65.